The van der Waals surface area contributed by atoms with Crippen LogP contribution in [0.2, 0.25) is 0 Å². The molecule has 0 N–H and O–H groups in total. The number of aryl methyl sites for hydroxylation is 1. The highest BCUT2D eigenvalue weighted by atomic mass is 16.5. The maximum atomic E-state index is 11.7. The van der Waals surface area contributed by atoms with Crippen LogP contribution in [0.1, 0.15) is 41.7 Å². The summed E-state index contributed by atoms with van der Waals surface area (Å²) in [7, 11) is 1.69. The standard InChI is InChI=1S/C14H17N5O2/c1-18-13(20)6-10-7-19(5-4-11(10)16-18)8-12-15-14(21-17-12)9-2-3-9/h6,9H,2-5,7-8H2,1H3. The molecule has 0 spiro atoms. The van der Waals surface area contributed by atoms with E-state index < -0.39 is 0 Å². The monoisotopic (exact) mass is 287 g/mol. The molecule has 2 aromatic rings. The summed E-state index contributed by atoms with van der Waals surface area (Å²) < 4.78 is 6.68. The minimum absolute atomic E-state index is 0.0637. The molecule has 7 heteroatoms. The molecule has 1 fully saturated rings. The van der Waals surface area contributed by atoms with Crippen molar-refractivity contribution in [2.75, 3.05) is 6.54 Å². The van der Waals surface area contributed by atoms with E-state index in [4.69, 9.17) is 4.52 Å². The molecule has 0 amide bonds. The number of fused-ring (bicyclic) bond motifs is 1. The lowest BCUT2D eigenvalue weighted by Crippen LogP contribution is -2.34. The first-order valence-corrected chi connectivity index (χ1v) is 7.30. The molecule has 1 aliphatic carbocycles. The smallest absolute Gasteiger partial charge is 0.266 e. The van der Waals surface area contributed by atoms with E-state index in [1.165, 1.54) is 4.68 Å². The molecule has 21 heavy (non-hydrogen) atoms. The van der Waals surface area contributed by atoms with Crippen LogP contribution in [-0.2, 0) is 26.6 Å². The van der Waals surface area contributed by atoms with Gasteiger partial charge in [0.05, 0.1) is 12.2 Å². The Hall–Kier alpha value is -2.02. The van der Waals surface area contributed by atoms with Crippen molar-refractivity contribution in [3.8, 4) is 0 Å². The number of nitrogens with zero attached hydrogens (tertiary/aromatic N) is 5. The van der Waals surface area contributed by atoms with E-state index in [1.54, 1.807) is 13.1 Å². The van der Waals surface area contributed by atoms with Gasteiger partial charge < -0.3 is 4.52 Å². The highest BCUT2D eigenvalue weighted by Crippen LogP contribution is 2.38. The van der Waals surface area contributed by atoms with E-state index in [-0.39, 0.29) is 5.56 Å². The SMILES string of the molecule is Cn1nc2c(cc1=O)CN(Cc1noc(C3CC3)n1)CC2. The molecule has 7 nitrogen and oxygen atoms in total. The Morgan fingerprint density at radius 2 is 2.29 bits per heavy atom. The van der Waals surface area contributed by atoms with E-state index >= 15 is 0 Å². The molecule has 0 atom stereocenters. The van der Waals surface area contributed by atoms with Gasteiger partial charge in [-0.1, -0.05) is 5.16 Å². The van der Waals surface area contributed by atoms with Crippen molar-refractivity contribution in [1.29, 1.82) is 0 Å². The van der Waals surface area contributed by atoms with Crippen molar-refractivity contribution >= 4 is 0 Å². The maximum Gasteiger partial charge on any atom is 0.266 e. The van der Waals surface area contributed by atoms with Crippen LogP contribution in [0.15, 0.2) is 15.4 Å². The predicted molar refractivity (Wildman–Crippen MR) is 73.6 cm³/mol. The lowest BCUT2D eigenvalue weighted by atomic mass is 10.1. The Kier molecular flexibility index (Phi) is 2.88. The zero-order valence-corrected chi connectivity index (χ0v) is 11.9. The Balaban J connectivity index is 1.49. The van der Waals surface area contributed by atoms with E-state index in [0.717, 1.165) is 48.8 Å². The van der Waals surface area contributed by atoms with Crippen molar-refractivity contribution < 1.29 is 4.52 Å². The first kappa shape index (κ1) is 12.7. The summed E-state index contributed by atoms with van der Waals surface area (Å²) in [5.74, 6) is 2.00. The van der Waals surface area contributed by atoms with Gasteiger partial charge in [0.25, 0.3) is 5.56 Å². The van der Waals surface area contributed by atoms with Gasteiger partial charge in [0.2, 0.25) is 5.89 Å². The molecule has 2 aromatic heterocycles. The second-order valence-corrected chi connectivity index (χ2v) is 5.86. The molecule has 0 unspecified atom stereocenters. The minimum Gasteiger partial charge on any atom is -0.339 e. The van der Waals surface area contributed by atoms with Gasteiger partial charge in [0.1, 0.15) is 0 Å². The van der Waals surface area contributed by atoms with E-state index in [0.29, 0.717) is 19.0 Å². The quantitative estimate of drug-likeness (QED) is 0.822. The van der Waals surface area contributed by atoms with Gasteiger partial charge in [0.15, 0.2) is 5.82 Å². The van der Waals surface area contributed by atoms with Crippen LogP contribution in [0, 0.1) is 0 Å². The highest BCUT2D eigenvalue weighted by molar-refractivity contribution is 5.20. The Bertz CT molecular complexity index is 731. The minimum atomic E-state index is -0.0637. The fourth-order valence-electron chi connectivity index (χ4n) is 2.71. The van der Waals surface area contributed by atoms with Crippen LogP contribution in [0.5, 0.6) is 0 Å². The van der Waals surface area contributed by atoms with Crippen LogP contribution < -0.4 is 5.56 Å². The zero-order valence-electron chi connectivity index (χ0n) is 11.9. The van der Waals surface area contributed by atoms with Gasteiger partial charge in [-0.25, -0.2) is 4.68 Å². The third-order valence-corrected chi connectivity index (χ3v) is 4.09. The number of hydrogen-bond donors (Lipinski definition) is 0. The number of aromatic nitrogens is 4. The summed E-state index contributed by atoms with van der Waals surface area (Å²) in [5.41, 5.74) is 1.96. The first-order chi connectivity index (χ1) is 10.2. The lowest BCUT2D eigenvalue weighted by Gasteiger charge is -2.26. The molecule has 0 saturated heterocycles. The average molecular weight is 287 g/mol. The van der Waals surface area contributed by atoms with Crippen molar-refractivity contribution in [3.05, 3.63) is 39.4 Å². The molecule has 0 radical (unpaired) electrons. The molecule has 110 valence electrons. The number of rotatable bonds is 3. The molecular weight excluding hydrogens is 270 g/mol. The summed E-state index contributed by atoms with van der Waals surface area (Å²) in [6, 6.07) is 1.68. The van der Waals surface area contributed by atoms with Gasteiger partial charge in [0, 0.05) is 38.5 Å². The molecule has 1 aliphatic heterocycles. The normalized spacial score (nSPS) is 18.7. The fraction of sp³-hybridized carbons (Fsp3) is 0.571. The van der Waals surface area contributed by atoms with Crippen molar-refractivity contribution in [1.82, 2.24) is 24.8 Å². The van der Waals surface area contributed by atoms with Gasteiger partial charge in [-0.3, -0.25) is 9.69 Å². The fourth-order valence-corrected chi connectivity index (χ4v) is 2.71. The van der Waals surface area contributed by atoms with Crippen LogP contribution in [0.25, 0.3) is 0 Å². The van der Waals surface area contributed by atoms with Crippen LogP contribution in [-0.4, -0.2) is 31.4 Å². The van der Waals surface area contributed by atoms with Gasteiger partial charge in [-0.05, 0) is 18.4 Å². The van der Waals surface area contributed by atoms with Gasteiger partial charge in [-0.2, -0.15) is 10.1 Å². The summed E-state index contributed by atoms with van der Waals surface area (Å²) in [4.78, 5) is 18.4. The molecule has 3 heterocycles. The van der Waals surface area contributed by atoms with Crippen molar-refractivity contribution in [3.63, 3.8) is 0 Å². The molecule has 1 saturated carbocycles. The molecule has 2 aliphatic rings. The van der Waals surface area contributed by atoms with Gasteiger partial charge in [-0.15, -0.1) is 0 Å². The third-order valence-electron chi connectivity index (χ3n) is 4.09. The Labute approximate surface area is 121 Å². The summed E-state index contributed by atoms with van der Waals surface area (Å²) in [5, 5.41) is 8.37. The van der Waals surface area contributed by atoms with Gasteiger partial charge >= 0.3 is 0 Å². The Morgan fingerprint density at radius 3 is 3.10 bits per heavy atom. The van der Waals surface area contributed by atoms with Crippen LogP contribution >= 0.6 is 0 Å². The van der Waals surface area contributed by atoms with Crippen LogP contribution in [0.4, 0.5) is 0 Å². The average Bonchev–Trinajstić information content (AvgIpc) is 3.21. The molecule has 4 rings (SSSR count). The summed E-state index contributed by atoms with van der Waals surface area (Å²) >= 11 is 0. The zero-order chi connectivity index (χ0) is 14.4. The maximum absolute atomic E-state index is 11.7. The Morgan fingerprint density at radius 1 is 1.43 bits per heavy atom. The van der Waals surface area contributed by atoms with Crippen LogP contribution in [0.3, 0.4) is 0 Å². The predicted octanol–water partition coefficient (Wildman–Crippen LogP) is 0.599. The summed E-state index contributed by atoms with van der Waals surface area (Å²) in [6.45, 7) is 2.27. The molecule has 0 aromatic carbocycles. The molecular formula is C14H17N5O2. The second-order valence-electron chi connectivity index (χ2n) is 5.86. The second kappa shape index (κ2) is 4.77. The first-order valence-electron chi connectivity index (χ1n) is 7.30. The summed E-state index contributed by atoms with van der Waals surface area (Å²) in [6.07, 6.45) is 3.16. The van der Waals surface area contributed by atoms with E-state index in [1.807, 2.05) is 0 Å². The van der Waals surface area contributed by atoms with Crippen molar-refractivity contribution in [2.45, 2.75) is 38.3 Å². The van der Waals surface area contributed by atoms with E-state index in [2.05, 4.69) is 20.1 Å². The van der Waals surface area contributed by atoms with Crippen molar-refractivity contribution in [2.24, 2.45) is 7.05 Å². The highest BCUT2D eigenvalue weighted by Gasteiger charge is 2.30. The lowest BCUT2D eigenvalue weighted by molar-refractivity contribution is 0.231. The topological polar surface area (TPSA) is 77.0 Å². The largest absolute Gasteiger partial charge is 0.339 e. The number of hydrogen-bond acceptors (Lipinski definition) is 6. The van der Waals surface area contributed by atoms with E-state index in [9.17, 15) is 4.79 Å². The third kappa shape index (κ3) is 2.49. The molecule has 0 bridgehead atoms.